The molecule has 1 aromatic heterocycles. The first-order chi connectivity index (χ1) is 12.9. The van der Waals surface area contributed by atoms with E-state index in [1.807, 2.05) is 38.1 Å². The molecule has 0 radical (unpaired) electrons. The Labute approximate surface area is 160 Å². The number of halogens is 1. The lowest BCUT2D eigenvalue weighted by atomic mass is 9.97. The van der Waals surface area contributed by atoms with Crippen molar-refractivity contribution in [3.05, 3.63) is 64.8 Å². The number of hydrogen-bond donors (Lipinski definition) is 1. The first-order valence-electron chi connectivity index (χ1n) is 8.23. The molecule has 0 aliphatic rings. The molecule has 0 aliphatic carbocycles. The average molecular weight is 381 g/mol. The Balaban J connectivity index is 1.97. The zero-order chi connectivity index (χ0) is 19.6. The molecule has 0 unspecified atom stereocenters. The molecule has 0 fully saturated rings. The van der Waals surface area contributed by atoms with E-state index < -0.39 is 11.8 Å². The van der Waals surface area contributed by atoms with Crippen LogP contribution < -0.4 is 4.74 Å². The number of nitrogens with zero attached hydrogens (tertiary/aromatic N) is 1. The number of rotatable bonds is 5. The zero-order valence-electron chi connectivity index (χ0n) is 14.7. The van der Waals surface area contributed by atoms with Crippen LogP contribution in [0.3, 0.4) is 0 Å². The van der Waals surface area contributed by atoms with Gasteiger partial charge in [-0.15, -0.1) is 11.3 Å². The Morgan fingerprint density at radius 1 is 1.15 bits per heavy atom. The number of carboxylic acid groups (broad SMARTS) is 1. The molecule has 3 rings (SSSR count). The van der Waals surface area contributed by atoms with Gasteiger partial charge in [0.25, 0.3) is 0 Å². The van der Waals surface area contributed by atoms with E-state index in [0.29, 0.717) is 16.0 Å². The van der Waals surface area contributed by atoms with E-state index in [0.717, 1.165) is 28.2 Å². The molecule has 0 aliphatic heterocycles. The van der Waals surface area contributed by atoms with Crippen LogP contribution in [0.1, 0.15) is 29.1 Å². The molecule has 2 aromatic carbocycles. The molecule has 1 heterocycles. The van der Waals surface area contributed by atoms with Gasteiger partial charge in [0.1, 0.15) is 16.4 Å². The SMILES string of the molecule is CC(C)Oc1ccc(-c2ccc(-c3cc(F)c(C(=O)O)s3)cc2C#N)cc1. The van der Waals surface area contributed by atoms with Gasteiger partial charge in [-0.2, -0.15) is 5.26 Å². The van der Waals surface area contributed by atoms with Crippen molar-refractivity contribution in [2.75, 3.05) is 0 Å². The summed E-state index contributed by atoms with van der Waals surface area (Å²) in [6.07, 6.45) is 0.0756. The highest BCUT2D eigenvalue weighted by molar-refractivity contribution is 7.17. The lowest BCUT2D eigenvalue weighted by Gasteiger charge is -2.11. The third-order valence-corrected chi connectivity index (χ3v) is 4.99. The summed E-state index contributed by atoms with van der Waals surface area (Å²) in [6, 6.07) is 16.0. The first-order valence-corrected chi connectivity index (χ1v) is 9.05. The Bertz CT molecular complexity index is 1030. The summed E-state index contributed by atoms with van der Waals surface area (Å²) in [6.45, 7) is 3.90. The summed E-state index contributed by atoms with van der Waals surface area (Å²) in [7, 11) is 0. The number of hydrogen-bond acceptors (Lipinski definition) is 4. The normalized spacial score (nSPS) is 10.6. The molecule has 1 N–H and O–H groups in total. The molecule has 0 atom stereocenters. The molecule has 3 aromatic rings. The van der Waals surface area contributed by atoms with Crippen LogP contribution in [-0.4, -0.2) is 17.2 Å². The molecule has 6 heteroatoms. The van der Waals surface area contributed by atoms with E-state index in [2.05, 4.69) is 6.07 Å². The fourth-order valence-electron chi connectivity index (χ4n) is 2.68. The van der Waals surface area contributed by atoms with Crippen molar-refractivity contribution in [3.63, 3.8) is 0 Å². The van der Waals surface area contributed by atoms with Crippen molar-refractivity contribution in [3.8, 4) is 33.4 Å². The van der Waals surface area contributed by atoms with E-state index in [9.17, 15) is 14.4 Å². The monoisotopic (exact) mass is 381 g/mol. The summed E-state index contributed by atoms with van der Waals surface area (Å²) in [5.41, 5.74) is 2.63. The van der Waals surface area contributed by atoms with Crippen LogP contribution >= 0.6 is 11.3 Å². The maximum Gasteiger partial charge on any atom is 0.348 e. The molecule has 0 saturated heterocycles. The second-order valence-electron chi connectivity index (χ2n) is 6.16. The van der Waals surface area contributed by atoms with E-state index in [-0.39, 0.29) is 11.0 Å². The summed E-state index contributed by atoms with van der Waals surface area (Å²) >= 11 is 0.849. The Hall–Kier alpha value is -3.17. The van der Waals surface area contributed by atoms with Crippen LogP contribution in [0.2, 0.25) is 0 Å². The van der Waals surface area contributed by atoms with Crippen molar-refractivity contribution in [2.24, 2.45) is 0 Å². The minimum atomic E-state index is -1.30. The van der Waals surface area contributed by atoms with Crippen molar-refractivity contribution < 1.29 is 19.0 Å². The second kappa shape index (κ2) is 7.60. The summed E-state index contributed by atoms with van der Waals surface area (Å²) < 4.78 is 19.4. The summed E-state index contributed by atoms with van der Waals surface area (Å²) in [5, 5.41) is 18.5. The molecule has 0 bridgehead atoms. The summed E-state index contributed by atoms with van der Waals surface area (Å²) in [4.78, 5) is 11.2. The average Bonchev–Trinajstić information content (AvgIpc) is 3.03. The van der Waals surface area contributed by atoms with Gasteiger partial charge in [-0.05, 0) is 54.8 Å². The minimum absolute atomic E-state index is 0.0756. The number of aromatic carboxylic acids is 1. The fraction of sp³-hybridized carbons (Fsp3) is 0.143. The highest BCUT2D eigenvalue weighted by atomic mass is 32.1. The van der Waals surface area contributed by atoms with Gasteiger partial charge < -0.3 is 9.84 Å². The maximum absolute atomic E-state index is 13.8. The van der Waals surface area contributed by atoms with E-state index >= 15 is 0 Å². The Morgan fingerprint density at radius 3 is 2.37 bits per heavy atom. The lowest BCUT2D eigenvalue weighted by Crippen LogP contribution is -2.05. The maximum atomic E-state index is 13.8. The number of benzene rings is 2. The standard InChI is InChI=1S/C21H16FNO3S/c1-12(2)26-16-6-3-13(4-7-16)17-8-5-14(9-15(17)11-23)19-10-18(22)20(27-19)21(24)25/h3-10,12H,1-2H3,(H,24,25). The fourth-order valence-corrected chi connectivity index (χ4v) is 3.55. The highest BCUT2D eigenvalue weighted by Gasteiger charge is 2.17. The van der Waals surface area contributed by atoms with Gasteiger partial charge in [-0.1, -0.05) is 24.3 Å². The predicted molar refractivity (Wildman–Crippen MR) is 103 cm³/mol. The van der Waals surface area contributed by atoms with Gasteiger partial charge in [-0.25, -0.2) is 9.18 Å². The van der Waals surface area contributed by atoms with Crippen LogP contribution in [0.4, 0.5) is 4.39 Å². The largest absolute Gasteiger partial charge is 0.491 e. The van der Waals surface area contributed by atoms with Crippen LogP contribution in [0.25, 0.3) is 21.6 Å². The number of thiophene rings is 1. The van der Waals surface area contributed by atoms with Gasteiger partial charge in [0.2, 0.25) is 0 Å². The number of carbonyl (C=O) groups is 1. The predicted octanol–water partition coefficient (Wildman–Crippen LogP) is 5.58. The zero-order valence-corrected chi connectivity index (χ0v) is 15.5. The number of nitriles is 1. The first kappa shape index (κ1) is 18.6. The minimum Gasteiger partial charge on any atom is -0.491 e. The number of ether oxygens (including phenoxy) is 1. The topological polar surface area (TPSA) is 70.3 Å². The second-order valence-corrected chi connectivity index (χ2v) is 7.21. The van der Waals surface area contributed by atoms with Crippen LogP contribution in [0.15, 0.2) is 48.5 Å². The van der Waals surface area contributed by atoms with Gasteiger partial charge in [0, 0.05) is 4.88 Å². The molecule has 27 heavy (non-hydrogen) atoms. The van der Waals surface area contributed by atoms with E-state index in [1.165, 1.54) is 6.07 Å². The smallest absolute Gasteiger partial charge is 0.348 e. The van der Waals surface area contributed by atoms with E-state index in [4.69, 9.17) is 9.84 Å². The molecule has 0 amide bonds. The Kier molecular flexibility index (Phi) is 5.24. The Morgan fingerprint density at radius 2 is 1.81 bits per heavy atom. The van der Waals surface area contributed by atoms with Gasteiger partial charge in [-0.3, -0.25) is 0 Å². The summed E-state index contributed by atoms with van der Waals surface area (Å²) in [5.74, 6) is -1.32. The third-order valence-electron chi connectivity index (χ3n) is 3.84. The molecule has 136 valence electrons. The molecule has 0 spiro atoms. The molecular weight excluding hydrogens is 365 g/mol. The van der Waals surface area contributed by atoms with Gasteiger partial charge in [0.15, 0.2) is 0 Å². The number of carboxylic acids is 1. The quantitative estimate of drug-likeness (QED) is 0.626. The van der Waals surface area contributed by atoms with Gasteiger partial charge in [0.05, 0.1) is 17.7 Å². The molecular formula is C21H16FNO3S. The van der Waals surface area contributed by atoms with E-state index in [1.54, 1.807) is 18.2 Å². The molecule has 0 saturated carbocycles. The highest BCUT2D eigenvalue weighted by Crippen LogP contribution is 2.34. The van der Waals surface area contributed by atoms with Crippen LogP contribution in [-0.2, 0) is 0 Å². The van der Waals surface area contributed by atoms with Crippen molar-refractivity contribution in [1.29, 1.82) is 5.26 Å². The third kappa shape index (κ3) is 3.99. The van der Waals surface area contributed by atoms with Crippen LogP contribution in [0, 0.1) is 17.1 Å². The van der Waals surface area contributed by atoms with Crippen molar-refractivity contribution in [1.82, 2.24) is 0 Å². The van der Waals surface area contributed by atoms with Crippen molar-refractivity contribution >= 4 is 17.3 Å². The lowest BCUT2D eigenvalue weighted by molar-refractivity contribution is 0.0697. The van der Waals surface area contributed by atoms with Crippen LogP contribution in [0.5, 0.6) is 5.75 Å². The molecule has 4 nitrogen and oxygen atoms in total. The van der Waals surface area contributed by atoms with Crippen molar-refractivity contribution in [2.45, 2.75) is 20.0 Å². The van der Waals surface area contributed by atoms with Gasteiger partial charge >= 0.3 is 5.97 Å².